The van der Waals surface area contributed by atoms with E-state index in [-0.39, 0.29) is 0 Å². The number of furan rings is 1. The summed E-state index contributed by atoms with van der Waals surface area (Å²) in [7, 11) is 0. The lowest BCUT2D eigenvalue weighted by Gasteiger charge is -1.96. The van der Waals surface area contributed by atoms with Crippen LogP contribution >= 0.6 is 0 Å². The maximum absolute atomic E-state index is 5.50. The van der Waals surface area contributed by atoms with Crippen LogP contribution in [-0.4, -0.2) is 16.7 Å². The number of aromatic nitrogens is 2. The van der Waals surface area contributed by atoms with Crippen molar-refractivity contribution in [1.82, 2.24) is 15.5 Å². The molecule has 5 heteroatoms. The molecule has 17 heavy (non-hydrogen) atoms. The zero-order valence-electron chi connectivity index (χ0n) is 9.98. The summed E-state index contributed by atoms with van der Waals surface area (Å²) in [5.41, 5.74) is 0. The van der Waals surface area contributed by atoms with E-state index in [0.29, 0.717) is 24.7 Å². The van der Waals surface area contributed by atoms with E-state index in [2.05, 4.69) is 22.4 Å². The van der Waals surface area contributed by atoms with E-state index in [1.54, 1.807) is 6.26 Å². The van der Waals surface area contributed by atoms with Gasteiger partial charge in [-0.1, -0.05) is 6.92 Å². The van der Waals surface area contributed by atoms with E-state index in [1.807, 2.05) is 12.1 Å². The van der Waals surface area contributed by atoms with E-state index in [9.17, 15) is 0 Å². The number of nitrogens with zero attached hydrogens (tertiary/aromatic N) is 2. The molecular formula is C12H17N3O2. The monoisotopic (exact) mass is 235 g/mol. The predicted octanol–water partition coefficient (Wildman–Crippen LogP) is 1.95. The summed E-state index contributed by atoms with van der Waals surface area (Å²) in [6, 6.07) is 3.82. The molecular weight excluding hydrogens is 218 g/mol. The highest BCUT2D eigenvalue weighted by molar-refractivity contribution is 4.99. The minimum Gasteiger partial charge on any atom is -0.469 e. The zero-order chi connectivity index (χ0) is 11.9. The molecule has 0 fully saturated rings. The molecule has 0 aliphatic carbocycles. The zero-order valence-corrected chi connectivity index (χ0v) is 9.98. The standard InChI is InChI=1S/C12H17N3O2/c1-2-7-13-9-12-15-14-11(17-12)6-5-10-4-3-8-16-10/h3-4,8,13H,2,5-7,9H2,1H3. The van der Waals surface area contributed by atoms with Gasteiger partial charge in [-0.25, -0.2) is 0 Å². The van der Waals surface area contributed by atoms with E-state index in [4.69, 9.17) is 8.83 Å². The lowest BCUT2D eigenvalue weighted by atomic mass is 10.2. The maximum atomic E-state index is 5.50. The number of hydrogen-bond donors (Lipinski definition) is 1. The van der Waals surface area contributed by atoms with Crippen molar-refractivity contribution in [2.45, 2.75) is 32.7 Å². The topological polar surface area (TPSA) is 64.1 Å². The fraction of sp³-hybridized carbons (Fsp3) is 0.500. The Kier molecular flexibility index (Phi) is 4.32. The van der Waals surface area contributed by atoms with Gasteiger partial charge < -0.3 is 14.2 Å². The first-order chi connectivity index (χ1) is 8.38. The Morgan fingerprint density at radius 3 is 2.88 bits per heavy atom. The Morgan fingerprint density at radius 1 is 1.24 bits per heavy atom. The van der Waals surface area contributed by atoms with E-state index in [1.165, 1.54) is 0 Å². The van der Waals surface area contributed by atoms with Crippen molar-refractivity contribution in [3.05, 3.63) is 35.9 Å². The third-order valence-electron chi connectivity index (χ3n) is 2.38. The van der Waals surface area contributed by atoms with Crippen molar-refractivity contribution in [2.75, 3.05) is 6.54 Å². The van der Waals surface area contributed by atoms with Crippen LogP contribution in [0.2, 0.25) is 0 Å². The van der Waals surface area contributed by atoms with Crippen LogP contribution in [0.25, 0.3) is 0 Å². The number of aryl methyl sites for hydroxylation is 2. The Hall–Kier alpha value is -1.62. The van der Waals surface area contributed by atoms with Crippen LogP contribution in [0.4, 0.5) is 0 Å². The first kappa shape index (κ1) is 11.9. The molecule has 0 aromatic carbocycles. The minimum absolute atomic E-state index is 0.640. The van der Waals surface area contributed by atoms with E-state index >= 15 is 0 Å². The van der Waals surface area contributed by atoms with Gasteiger partial charge in [0.1, 0.15) is 5.76 Å². The molecule has 2 aromatic heterocycles. The Labute approximate surface area is 100 Å². The lowest BCUT2D eigenvalue weighted by Crippen LogP contribution is -2.13. The van der Waals surface area contributed by atoms with Crippen molar-refractivity contribution in [3.63, 3.8) is 0 Å². The molecule has 2 heterocycles. The number of hydrogen-bond acceptors (Lipinski definition) is 5. The Balaban J connectivity index is 1.77. The number of rotatable bonds is 7. The van der Waals surface area contributed by atoms with E-state index in [0.717, 1.165) is 25.1 Å². The van der Waals surface area contributed by atoms with Gasteiger partial charge in [0.05, 0.1) is 12.8 Å². The Bertz CT molecular complexity index is 423. The van der Waals surface area contributed by atoms with Crippen molar-refractivity contribution in [3.8, 4) is 0 Å². The van der Waals surface area contributed by atoms with Crippen molar-refractivity contribution in [2.24, 2.45) is 0 Å². The first-order valence-corrected chi connectivity index (χ1v) is 5.93. The third-order valence-corrected chi connectivity index (χ3v) is 2.38. The Morgan fingerprint density at radius 2 is 2.12 bits per heavy atom. The molecule has 5 nitrogen and oxygen atoms in total. The van der Waals surface area contributed by atoms with Crippen LogP contribution < -0.4 is 5.32 Å². The van der Waals surface area contributed by atoms with Crippen LogP contribution in [0.5, 0.6) is 0 Å². The summed E-state index contributed by atoms with van der Waals surface area (Å²) in [5, 5.41) is 11.2. The fourth-order valence-electron chi connectivity index (χ4n) is 1.52. The molecule has 0 radical (unpaired) electrons. The summed E-state index contributed by atoms with van der Waals surface area (Å²) < 4.78 is 10.7. The number of nitrogens with one attached hydrogen (secondary N) is 1. The molecule has 0 spiro atoms. The van der Waals surface area contributed by atoms with Gasteiger partial charge >= 0.3 is 0 Å². The third kappa shape index (κ3) is 3.71. The average molecular weight is 235 g/mol. The molecule has 2 aromatic rings. The summed E-state index contributed by atoms with van der Waals surface area (Å²) in [6.45, 7) is 3.72. The highest BCUT2D eigenvalue weighted by Crippen LogP contribution is 2.07. The average Bonchev–Trinajstić information content (AvgIpc) is 2.98. The first-order valence-electron chi connectivity index (χ1n) is 5.93. The maximum Gasteiger partial charge on any atom is 0.230 e. The fourth-order valence-corrected chi connectivity index (χ4v) is 1.52. The lowest BCUT2D eigenvalue weighted by molar-refractivity contribution is 0.423. The van der Waals surface area contributed by atoms with Gasteiger partial charge in [-0.3, -0.25) is 0 Å². The SMILES string of the molecule is CCCNCc1nnc(CCc2ccco2)o1. The quantitative estimate of drug-likeness (QED) is 0.743. The van der Waals surface area contributed by atoms with Gasteiger partial charge in [-0.15, -0.1) is 10.2 Å². The molecule has 2 rings (SSSR count). The smallest absolute Gasteiger partial charge is 0.230 e. The van der Waals surface area contributed by atoms with Crippen molar-refractivity contribution in [1.29, 1.82) is 0 Å². The van der Waals surface area contributed by atoms with Gasteiger partial charge in [0, 0.05) is 12.8 Å². The summed E-state index contributed by atoms with van der Waals surface area (Å²) in [5.74, 6) is 2.25. The predicted molar refractivity (Wildman–Crippen MR) is 62.4 cm³/mol. The van der Waals surface area contributed by atoms with Crippen molar-refractivity contribution >= 4 is 0 Å². The largest absolute Gasteiger partial charge is 0.469 e. The normalized spacial score (nSPS) is 10.9. The van der Waals surface area contributed by atoms with Gasteiger partial charge in [0.2, 0.25) is 11.8 Å². The molecule has 92 valence electrons. The molecule has 1 N–H and O–H groups in total. The second kappa shape index (κ2) is 6.20. The highest BCUT2D eigenvalue weighted by Gasteiger charge is 2.06. The summed E-state index contributed by atoms with van der Waals surface area (Å²) >= 11 is 0. The van der Waals surface area contributed by atoms with Gasteiger partial charge in [-0.05, 0) is 25.1 Å². The molecule has 0 aliphatic rings. The molecule has 0 saturated carbocycles. The van der Waals surface area contributed by atoms with Gasteiger partial charge in [-0.2, -0.15) is 0 Å². The molecule has 0 saturated heterocycles. The van der Waals surface area contributed by atoms with Gasteiger partial charge in [0.15, 0.2) is 0 Å². The van der Waals surface area contributed by atoms with Crippen molar-refractivity contribution < 1.29 is 8.83 Å². The minimum atomic E-state index is 0.640. The molecule has 0 amide bonds. The van der Waals surface area contributed by atoms with Crippen LogP contribution in [0.1, 0.15) is 30.9 Å². The molecule has 0 unspecified atom stereocenters. The van der Waals surface area contributed by atoms with E-state index < -0.39 is 0 Å². The van der Waals surface area contributed by atoms with Gasteiger partial charge in [0.25, 0.3) is 0 Å². The molecule has 0 bridgehead atoms. The second-order valence-corrected chi connectivity index (χ2v) is 3.85. The molecule has 0 atom stereocenters. The van der Waals surface area contributed by atoms with Crippen LogP contribution in [-0.2, 0) is 19.4 Å². The van der Waals surface area contributed by atoms with Crippen LogP contribution in [0.3, 0.4) is 0 Å². The highest BCUT2D eigenvalue weighted by atomic mass is 16.4. The summed E-state index contributed by atoms with van der Waals surface area (Å²) in [6.07, 6.45) is 4.27. The second-order valence-electron chi connectivity index (χ2n) is 3.85. The summed E-state index contributed by atoms with van der Waals surface area (Å²) in [4.78, 5) is 0. The van der Waals surface area contributed by atoms with Crippen LogP contribution in [0.15, 0.2) is 27.2 Å². The van der Waals surface area contributed by atoms with Crippen LogP contribution in [0, 0.1) is 0 Å². The molecule has 0 aliphatic heterocycles.